The summed E-state index contributed by atoms with van der Waals surface area (Å²) in [5.41, 5.74) is -0.693. The van der Waals surface area contributed by atoms with Crippen LogP contribution in [0, 0.1) is 0 Å². The molecule has 0 radical (unpaired) electrons. The second-order valence-corrected chi connectivity index (χ2v) is 4.79. The molecular weight excluding hydrogens is 281 g/mol. The third kappa shape index (κ3) is 2.65. The molecule has 1 aromatic heterocycles. The lowest BCUT2D eigenvalue weighted by atomic mass is 10.0. The molecule has 2 rings (SSSR count). The number of fused-ring (bicyclic) bond motifs is 1. The first-order chi connectivity index (χ1) is 8.82. The van der Waals surface area contributed by atoms with E-state index in [0.717, 1.165) is 17.4 Å². The van der Waals surface area contributed by atoms with Crippen molar-refractivity contribution in [2.75, 3.05) is 7.11 Å². The minimum atomic E-state index is -4.55. The first kappa shape index (κ1) is 13.7. The van der Waals surface area contributed by atoms with E-state index in [1.165, 1.54) is 18.6 Å². The molecule has 0 aliphatic carbocycles. The number of aliphatic carboxylic acids is 1. The molecule has 0 aliphatic heterocycles. The van der Waals surface area contributed by atoms with Gasteiger partial charge in [0.05, 0.1) is 19.1 Å². The Labute approximate surface area is 110 Å². The number of benzene rings is 1. The Balaban J connectivity index is 2.73. The van der Waals surface area contributed by atoms with E-state index in [1.807, 2.05) is 0 Å². The van der Waals surface area contributed by atoms with Gasteiger partial charge in [-0.05, 0) is 23.1 Å². The van der Waals surface area contributed by atoms with E-state index >= 15 is 0 Å². The summed E-state index contributed by atoms with van der Waals surface area (Å²) in [7, 11) is 1.28. The smallest absolute Gasteiger partial charge is 0.417 e. The maximum Gasteiger partial charge on any atom is 0.417 e. The van der Waals surface area contributed by atoms with E-state index in [0.29, 0.717) is 4.70 Å². The SMILES string of the molecule is COc1cc(C(F)(F)F)c2c(CC(=O)O)csc2c1. The molecular formula is C12H9F3O3S. The highest BCUT2D eigenvalue weighted by molar-refractivity contribution is 7.17. The molecule has 1 aromatic carbocycles. The van der Waals surface area contributed by atoms with Crippen molar-refractivity contribution in [1.82, 2.24) is 0 Å². The van der Waals surface area contributed by atoms with E-state index in [2.05, 4.69) is 0 Å². The first-order valence-electron chi connectivity index (χ1n) is 5.20. The summed E-state index contributed by atoms with van der Waals surface area (Å²) in [5, 5.41) is 10.1. The predicted molar refractivity (Wildman–Crippen MR) is 64.7 cm³/mol. The zero-order valence-corrected chi connectivity index (χ0v) is 10.6. The fourth-order valence-corrected chi connectivity index (χ4v) is 2.86. The van der Waals surface area contributed by atoms with Gasteiger partial charge < -0.3 is 9.84 Å². The standard InChI is InChI=1S/C12H9F3O3S/c1-18-7-3-8(12(13,14)15)11-6(2-10(16)17)5-19-9(11)4-7/h3-5H,2H2,1H3,(H,16,17). The van der Waals surface area contributed by atoms with Crippen LogP contribution in [0.3, 0.4) is 0 Å². The Kier molecular flexibility index (Phi) is 3.40. The molecule has 0 amide bonds. The third-order valence-corrected chi connectivity index (χ3v) is 3.59. The van der Waals surface area contributed by atoms with Crippen molar-refractivity contribution in [3.8, 4) is 5.75 Å². The Hall–Kier alpha value is -1.76. The molecule has 1 N–H and O–H groups in total. The van der Waals surface area contributed by atoms with Crippen molar-refractivity contribution in [1.29, 1.82) is 0 Å². The van der Waals surface area contributed by atoms with Gasteiger partial charge in [0.25, 0.3) is 0 Å². The number of carboxylic acids is 1. The van der Waals surface area contributed by atoms with Gasteiger partial charge in [-0.25, -0.2) is 0 Å². The van der Waals surface area contributed by atoms with Gasteiger partial charge in [-0.1, -0.05) is 0 Å². The number of halogens is 3. The lowest BCUT2D eigenvalue weighted by molar-refractivity contribution is -0.137. The van der Waals surface area contributed by atoms with Crippen molar-refractivity contribution >= 4 is 27.4 Å². The number of alkyl halides is 3. The highest BCUT2D eigenvalue weighted by Crippen LogP contribution is 2.41. The van der Waals surface area contributed by atoms with Crippen LogP contribution in [0.5, 0.6) is 5.75 Å². The van der Waals surface area contributed by atoms with Crippen LogP contribution >= 0.6 is 11.3 Å². The minimum Gasteiger partial charge on any atom is -0.497 e. The number of carboxylic acid groups (broad SMARTS) is 1. The van der Waals surface area contributed by atoms with E-state index < -0.39 is 24.1 Å². The quantitative estimate of drug-likeness (QED) is 0.940. The van der Waals surface area contributed by atoms with Crippen LogP contribution in [0.15, 0.2) is 17.5 Å². The van der Waals surface area contributed by atoms with Crippen LogP contribution in [-0.2, 0) is 17.4 Å². The highest BCUT2D eigenvalue weighted by atomic mass is 32.1. The fraction of sp³-hybridized carbons (Fsp3) is 0.250. The lowest BCUT2D eigenvalue weighted by Crippen LogP contribution is -2.08. The Morgan fingerprint density at radius 3 is 2.63 bits per heavy atom. The number of thiophene rings is 1. The summed E-state index contributed by atoms with van der Waals surface area (Å²) in [5.74, 6) is -1.06. The summed E-state index contributed by atoms with van der Waals surface area (Å²) in [6.45, 7) is 0. The van der Waals surface area contributed by atoms with Crippen LogP contribution in [0.4, 0.5) is 13.2 Å². The maximum absolute atomic E-state index is 13.0. The first-order valence-corrected chi connectivity index (χ1v) is 6.08. The third-order valence-electron chi connectivity index (χ3n) is 2.61. The minimum absolute atomic E-state index is 0.0549. The van der Waals surface area contributed by atoms with Crippen LogP contribution in [0.2, 0.25) is 0 Å². The topological polar surface area (TPSA) is 46.5 Å². The average Bonchev–Trinajstić information content (AvgIpc) is 2.69. The summed E-state index contributed by atoms with van der Waals surface area (Å²) in [6, 6.07) is 2.36. The number of hydrogen-bond donors (Lipinski definition) is 1. The molecule has 0 spiro atoms. The van der Waals surface area contributed by atoms with Crippen molar-refractivity contribution in [3.05, 3.63) is 28.6 Å². The van der Waals surface area contributed by atoms with E-state index in [-0.39, 0.29) is 16.7 Å². The molecule has 19 heavy (non-hydrogen) atoms. The molecule has 102 valence electrons. The van der Waals surface area contributed by atoms with Crippen molar-refractivity contribution < 1.29 is 27.8 Å². The molecule has 0 aliphatic rings. The summed E-state index contributed by atoms with van der Waals surface area (Å²) in [6.07, 6.45) is -4.99. The van der Waals surface area contributed by atoms with Crippen molar-refractivity contribution in [2.45, 2.75) is 12.6 Å². The lowest BCUT2D eigenvalue weighted by Gasteiger charge is -2.11. The van der Waals surface area contributed by atoms with Crippen LogP contribution < -0.4 is 4.74 Å². The summed E-state index contributed by atoms with van der Waals surface area (Å²) < 4.78 is 44.3. The molecule has 0 saturated carbocycles. The average molecular weight is 290 g/mol. The maximum atomic E-state index is 13.0. The molecule has 3 nitrogen and oxygen atoms in total. The monoisotopic (exact) mass is 290 g/mol. The van der Waals surface area contributed by atoms with E-state index in [1.54, 1.807) is 0 Å². The molecule has 2 aromatic rings. The zero-order chi connectivity index (χ0) is 14.2. The Morgan fingerprint density at radius 1 is 1.42 bits per heavy atom. The van der Waals surface area contributed by atoms with E-state index in [4.69, 9.17) is 9.84 Å². The molecule has 0 atom stereocenters. The second kappa shape index (κ2) is 4.73. The summed E-state index contributed by atoms with van der Waals surface area (Å²) >= 11 is 1.07. The van der Waals surface area contributed by atoms with Crippen LogP contribution in [-0.4, -0.2) is 18.2 Å². The largest absolute Gasteiger partial charge is 0.497 e. The molecule has 0 saturated heterocycles. The van der Waals surface area contributed by atoms with Gasteiger partial charge >= 0.3 is 12.1 Å². The Bertz CT molecular complexity index is 631. The van der Waals surface area contributed by atoms with Crippen LogP contribution in [0.1, 0.15) is 11.1 Å². The molecule has 1 heterocycles. The van der Waals surface area contributed by atoms with Crippen LogP contribution in [0.25, 0.3) is 10.1 Å². The van der Waals surface area contributed by atoms with Gasteiger partial charge in [0.2, 0.25) is 0 Å². The van der Waals surface area contributed by atoms with Crippen molar-refractivity contribution in [2.24, 2.45) is 0 Å². The summed E-state index contributed by atoms with van der Waals surface area (Å²) in [4.78, 5) is 10.7. The number of carbonyl (C=O) groups is 1. The van der Waals surface area contributed by atoms with Gasteiger partial charge in [0.15, 0.2) is 0 Å². The zero-order valence-electron chi connectivity index (χ0n) is 9.75. The van der Waals surface area contributed by atoms with E-state index in [9.17, 15) is 18.0 Å². The molecule has 0 unspecified atom stereocenters. The van der Waals surface area contributed by atoms with Gasteiger partial charge in [0.1, 0.15) is 5.75 Å². The highest BCUT2D eigenvalue weighted by Gasteiger charge is 2.34. The van der Waals surface area contributed by atoms with Gasteiger partial charge in [-0.2, -0.15) is 13.2 Å². The number of methoxy groups -OCH3 is 1. The number of rotatable bonds is 3. The Morgan fingerprint density at radius 2 is 2.11 bits per heavy atom. The molecule has 0 fully saturated rings. The molecule has 7 heteroatoms. The number of ether oxygens (including phenoxy) is 1. The van der Waals surface area contributed by atoms with Gasteiger partial charge in [0, 0.05) is 10.1 Å². The fourth-order valence-electron chi connectivity index (χ4n) is 1.84. The normalized spacial score (nSPS) is 11.8. The van der Waals surface area contributed by atoms with Crippen molar-refractivity contribution in [3.63, 3.8) is 0 Å². The van der Waals surface area contributed by atoms with Gasteiger partial charge in [-0.15, -0.1) is 11.3 Å². The molecule has 0 bridgehead atoms. The second-order valence-electron chi connectivity index (χ2n) is 3.88. The van der Waals surface area contributed by atoms with Gasteiger partial charge in [-0.3, -0.25) is 4.79 Å². The predicted octanol–water partition coefficient (Wildman–Crippen LogP) is 3.56. The number of hydrogen-bond acceptors (Lipinski definition) is 3.